The Balaban J connectivity index is 1.54. The molecule has 0 aliphatic heterocycles. The lowest BCUT2D eigenvalue weighted by Gasteiger charge is -2.17. The number of esters is 1. The second-order valence-electron chi connectivity index (χ2n) is 6.85. The summed E-state index contributed by atoms with van der Waals surface area (Å²) < 4.78 is 15.1. The molecule has 0 unspecified atom stereocenters. The van der Waals surface area contributed by atoms with E-state index in [0.717, 1.165) is 22.3 Å². The lowest BCUT2D eigenvalue weighted by molar-refractivity contribution is -0.150. The fraction of sp³-hybridized carbons (Fsp3) is 0.261. The summed E-state index contributed by atoms with van der Waals surface area (Å²) in [5.74, 6) is -2.12. The molecule has 0 radical (unpaired) electrons. The molecule has 162 valence electrons. The summed E-state index contributed by atoms with van der Waals surface area (Å²) in [6.45, 7) is 2.64. The lowest BCUT2D eigenvalue weighted by Crippen LogP contribution is -2.44. The molecule has 8 heteroatoms. The highest BCUT2D eigenvalue weighted by Gasteiger charge is 2.29. The smallest absolute Gasteiger partial charge is 0.407 e. The number of carbonyl (C=O) groups excluding carboxylic acids is 2. The molecule has 2 aromatic carbocycles. The fourth-order valence-electron chi connectivity index (χ4n) is 3.41. The van der Waals surface area contributed by atoms with Gasteiger partial charge in [0.15, 0.2) is 6.04 Å². The van der Waals surface area contributed by atoms with Gasteiger partial charge < -0.3 is 24.6 Å². The Morgan fingerprint density at radius 2 is 1.65 bits per heavy atom. The molecule has 0 saturated heterocycles. The van der Waals surface area contributed by atoms with E-state index in [-0.39, 0.29) is 19.1 Å². The monoisotopic (exact) mass is 425 g/mol. The van der Waals surface area contributed by atoms with E-state index in [4.69, 9.17) is 14.2 Å². The molecule has 0 fully saturated rings. The maximum atomic E-state index is 12.2. The first-order valence-electron chi connectivity index (χ1n) is 9.69. The van der Waals surface area contributed by atoms with Crippen LogP contribution in [-0.2, 0) is 23.8 Å². The molecule has 0 spiro atoms. The van der Waals surface area contributed by atoms with Gasteiger partial charge in [-0.25, -0.2) is 14.4 Å². The van der Waals surface area contributed by atoms with E-state index in [0.29, 0.717) is 0 Å². The molecule has 3 rings (SSSR count). The van der Waals surface area contributed by atoms with Crippen LogP contribution < -0.4 is 5.32 Å². The first kappa shape index (κ1) is 22.0. The second kappa shape index (κ2) is 10.4. The van der Waals surface area contributed by atoms with Crippen LogP contribution in [0.3, 0.4) is 0 Å². The third-order valence-electron chi connectivity index (χ3n) is 4.80. The molecule has 0 saturated carbocycles. The van der Waals surface area contributed by atoms with E-state index in [1.165, 1.54) is 6.08 Å². The molecule has 31 heavy (non-hydrogen) atoms. The summed E-state index contributed by atoms with van der Waals surface area (Å²) in [7, 11) is 0. The van der Waals surface area contributed by atoms with Gasteiger partial charge in [-0.3, -0.25) is 0 Å². The molecule has 8 nitrogen and oxygen atoms in total. The largest absolute Gasteiger partial charge is 0.480 e. The Kier molecular flexibility index (Phi) is 7.40. The van der Waals surface area contributed by atoms with Crippen molar-refractivity contribution in [3.8, 4) is 11.1 Å². The predicted molar refractivity (Wildman–Crippen MR) is 112 cm³/mol. The highest BCUT2D eigenvalue weighted by atomic mass is 16.6. The maximum Gasteiger partial charge on any atom is 0.407 e. The molecule has 2 N–H and O–H groups in total. The molecule has 2 aromatic rings. The Morgan fingerprint density at radius 1 is 1.03 bits per heavy atom. The van der Waals surface area contributed by atoms with E-state index < -0.39 is 37.3 Å². The van der Waals surface area contributed by atoms with Crippen molar-refractivity contribution in [1.29, 1.82) is 0 Å². The average Bonchev–Trinajstić information content (AvgIpc) is 3.09. The summed E-state index contributed by atoms with van der Waals surface area (Å²) in [6, 6.07) is 14.4. The van der Waals surface area contributed by atoms with Crippen molar-refractivity contribution in [3.63, 3.8) is 0 Å². The second-order valence-corrected chi connectivity index (χ2v) is 6.85. The van der Waals surface area contributed by atoms with Crippen LogP contribution in [0.1, 0.15) is 17.0 Å². The first-order valence-corrected chi connectivity index (χ1v) is 9.69. The number of hydrogen-bond donors (Lipinski definition) is 2. The van der Waals surface area contributed by atoms with Gasteiger partial charge in [0.1, 0.15) is 19.8 Å². The molecule has 0 heterocycles. The molecular weight excluding hydrogens is 402 g/mol. The number of carbonyl (C=O) groups is 3. The van der Waals surface area contributed by atoms with Gasteiger partial charge in [-0.15, -0.1) is 0 Å². The van der Waals surface area contributed by atoms with Gasteiger partial charge in [0.05, 0.1) is 6.61 Å². The van der Waals surface area contributed by atoms with Crippen molar-refractivity contribution in [1.82, 2.24) is 5.32 Å². The van der Waals surface area contributed by atoms with Gasteiger partial charge in [-0.1, -0.05) is 61.2 Å². The van der Waals surface area contributed by atoms with Crippen LogP contribution in [0.15, 0.2) is 61.2 Å². The number of aliphatic carboxylic acids is 1. The molecule has 1 amide bonds. The van der Waals surface area contributed by atoms with Crippen LogP contribution in [0.4, 0.5) is 4.79 Å². The van der Waals surface area contributed by atoms with Gasteiger partial charge in [-0.2, -0.15) is 0 Å². The van der Waals surface area contributed by atoms with E-state index >= 15 is 0 Å². The van der Waals surface area contributed by atoms with Crippen molar-refractivity contribution in [3.05, 3.63) is 72.3 Å². The third-order valence-corrected chi connectivity index (χ3v) is 4.80. The number of carboxylic acid groups (broad SMARTS) is 1. The van der Waals surface area contributed by atoms with E-state index in [1.807, 2.05) is 48.5 Å². The number of amides is 1. The Labute approximate surface area is 179 Å². The Bertz CT molecular complexity index is 926. The summed E-state index contributed by atoms with van der Waals surface area (Å²) >= 11 is 0. The van der Waals surface area contributed by atoms with E-state index in [1.54, 1.807) is 0 Å². The third kappa shape index (κ3) is 5.49. The minimum Gasteiger partial charge on any atom is -0.480 e. The van der Waals surface area contributed by atoms with Crippen LogP contribution in [0.25, 0.3) is 11.1 Å². The van der Waals surface area contributed by atoms with Crippen LogP contribution in [0.5, 0.6) is 0 Å². The van der Waals surface area contributed by atoms with Gasteiger partial charge in [0, 0.05) is 5.92 Å². The van der Waals surface area contributed by atoms with Crippen molar-refractivity contribution in [2.24, 2.45) is 0 Å². The number of hydrogen-bond acceptors (Lipinski definition) is 6. The van der Waals surface area contributed by atoms with Crippen molar-refractivity contribution < 1.29 is 33.7 Å². The Morgan fingerprint density at radius 3 is 2.23 bits per heavy atom. The molecular formula is C23H23NO7. The maximum absolute atomic E-state index is 12.2. The zero-order chi connectivity index (χ0) is 22.2. The zero-order valence-corrected chi connectivity index (χ0v) is 16.8. The number of rotatable bonds is 10. The predicted octanol–water partition coefficient (Wildman–Crippen LogP) is 2.72. The topological polar surface area (TPSA) is 111 Å². The molecule has 0 aromatic heterocycles. The number of ether oxygens (including phenoxy) is 3. The fourth-order valence-corrected chi connectivity index (χ4v) is 3.41. The standard InChI is InChI=1S/C23H23NO7/c1-2-11-30-21(25)14-29-13-20(22(26)27)24-23(28)31-12-19-17-9-5-3-7-15(17)16-8-4-6-10-18(16)19/h2-10,19-20H,1,11-14H2,(H,24,28)(H,26,27)/t20-/m0/s1. The highest BCUT2D eigenvalue weighted by Crippen LogP contribution is 2.44. The highest BCUT2D eigenvalue weighted by molar-refractivity contribution is 5.81. The van der Waals surface area contributed by atoms with Crippen LogP contribution in [0.2, 0.25) is 0 Å². The molecule has 1 aliphatic rings. The molecule has 1 atom stereocenters. The number of carboxylic acids is 1. The number of benzene rings is 2. The molecule has 1 aliphatic carbocycles. The van der Waals surface area contributed by atoms with E-state index in [9.17, 15) is 19.5 Å². The SMILES string of the molecule is C=CCOC(=O)COC[C@H](NC(=O)OCC1c2ccccc2-c2ccccc21)C(=O)O. The van der Waals surface area contributed by atoms with Crippen LogP contribution in [-0.4, -0.2) is 55.6 Å². The normalized spacial score (nSPS) is 12.9. The lowest BCUT2D eigenvalue weighted by atomic mass is 9.98. The van der Waals surface area contributed by atoms with Gasteiger partial charge in [0.2, 0.25) is 0 Å². The molecule has 0 bridgehead atoms. The zero-order valence-electron chi connectivity index (χ0n) is 16.8. The first-order chi connectivity index (χ1) is 15.0. The summed E-state index contributed by atoms with van der Waals surface area (Å²) in [6.07, 6.45) is 0.517. The van der Waals surface area contributed by atoms with Gasteiger partial charge in [-0.05, 0) is 22.3 Å². The van der Waals surface area contributed by atoms with Crippen LogP contribution >= 0.6 is 0 Å². The summed E-state index contributed by atoms with van der Waals surface area (Å²) in [5.41, 5.74) is 4.28. The Hall–Kier alpha value is -3.65. The van der Waals surface area contributed by atoms with Gasteiger partial charge in [0.25, 0.3) is 0 Å². The van der Waals surface area contributed by atoms with E-state index in [2.05, 4.69) is 11.9 Å². The summed E-state index contributed by atoms with van der Waals surface area (Å²) in [4.78, 5) is 35.0. The summed E-state index contributed by atoms with van der Waals surface area (Å²) in [5, 5.41) is 11.5. The minimum atomic E-state index is -1.37. The average molecular weight is 425 g/mol. The van der Waals surface area contributed by atoms with Crippen molar-refractivity contribution in [2.75, 3.05) is 26.4 Å². The quantitative estimate of drug-likeness (QED) is 0.445. The number of nitrogens with one attached hydrogen (secondary N) is 1. The van der Waals surface area contributed by atoms with Crippen LogP contribution in [0, 0.1) is 0 Å². The number of fused-ring (bicyclic) bond motifs is 3. The number of alkyl carbamates (subject to hydrolysis) is 1. The minimum absolute atomic E-state index is 0.0303. The van der Waals surface area contributed by atoms with Crippen molar-refractivity contribution in [2.45, 2.75) is 12.0 Å². The van der Waals surface area contributed by atoms with Gasteiger partial charge >= 0.3 is 18.0 Å². The van der Waals surface area contributed by atoms with Crippen molar-refractivity contribution >= 4 is 18.0 Å².